The van der Waals surface area contributed by atoms with Gasteiger partial charge in [0, 0.05) is 30.9 Å². The molecule has 1 amide bonds. The number of hydrogen-bond acceptors (Lipinski definition) is 5. The van der Waals surface area contributed by atoms with Crippen molar-refractivity contribution in [3.05, 3.63) is 23.9 Å². The second-order valence-electron chi connectivity index (χ2n) is 6.93. The Kier molecular flexibility index (Phi) is 6.04. The number of rotatable bonds is 7. The minimum atomic E-state index is -0.526. The zero-order valence-corrected chi connectivity index (χ0v) is 14.2. The number of aliphatic hydroxyl groups is 1. The minimum absolute atomic E-state index is 0.160. The highest BCUT2D eigenvalue weighted by Crippen LogP contribution is 2.22. The number of pyridine rings is 1. The van der Waals surface area contributed by atoms with Crippen LogP contribution < -0.4 is 10.6 Å². The van der Waals surface area contributed by atoms with Crippen LogP contribution in [-0.4, -0.2) is 59.2 Å². The third-order valence-electron chi connectivity index (χ3n) is 4.90. The summed E-state index contributed by atoms with van der Waals surface area (Å²) in [6.45, 7) is 3.01. The first-order chi connectivity index (χ1) is 11.7. The lowest BCUT2D eigenvalue weighted by molar-refractivity contribution is 0.0831. The van der Waals surface area contributed by atoms with Crippen molar-refractivity contribution in [3.63, 3.8) is 0 Å². The van der Waals surface area contributed by atoms with Gasteiger partial charge in [-0.25, -0.2) is 4.98 Å². The van der Waals surface area contributed by atoms with Gasteiger partial charge in [0.2, 0.25) is 0 Å². The summed E-state index contributed by atoms with van der Waals surface area (Å²) in [5.74, 6) is 0.591. The third-order valence-corrected chi connectivity index (χ3v) is 4.90. The summed E-state index contributed by atoms with van der Waals surface area (Å²) in [6.07, 6.45) is 8.40. The fraction of sp³-hybridized carbons (Fsp3) is 0.667. The average Bonchev–Trinajstić information content (AvgIpc) is 2.57. The van der Waals surface area contributed by atoms with E-state index in [0.29, 0.717) is 18.2 Å². The number of β-amino-alcohol motifs (C(OH)–C–C–N with tert-alkyl or cyclic N) is 1. The number of hydrogen-bond donors (Lipinski definition) is 3. The number of aliphatic hydroxyl groups excluding tert-OH is 1. The van der Waals surface area contributed by atoms with Crippen molar-refractivity contribution in [3.8, 4) is 0 Å². The number of carbonyl (C=O) groups is 1. The fourth-order valence-corrected chi connectivity index (χ4v) is 3.23. The van der Waals surface area contributed by atoms with E-state index >= 15 is 0 Å². The van der Waals surface area contributed by atoms with Gasteiger partial charge in [0.25, 0.3) is 5.91 Å². The highest BCUT2D eigenvalue weighted by Gasteiger charge is 2.18. The Hall–Kier alpha value is -1.66. The molecule has 6 heteroatoms. The largest absolute Gasteiger partial charge is 0.390 e. The van der Waals surface area contributed by atoms with Gasteiger partial charge in [-0.05, 0) is 57.3 Å². The van der Waals surface area contributed by atoms with Crippen LogP contribution in [-0.2, 0) is 0 Å². The van der Waals surface area contributed by atoms with Gasteiger partial charge in [-0.2, -0.15) is 0 Å². The van der Waals surface area contributed by atoms with Gasteiger partial charge in [0.1, 0.15) is 5.82 Å². The molecule has 1 aromatic rings. The second kappa shape index (κ2) is 8.44. The van der Waals surface area contributed by atoms with Crippen molar-refractivity contribution in [1.82, 2.24) is 15.2 Å². The Morgan fingerprint density at radius 2 is 2.08 bits per heavy atom. The van der Waals surface area contributed by atoms with Gasteiger partial charge in [-0.15, -0.1) is 0 Å². The smallest absolute Gasteiger partial charge is 0.251 e. The Bertz CT molecular complexity index is 542. The van der Waals surface area contributed by atoms with E-state index in [0.717, 1.165) is 18.9 Å². The van der Waals surface area contributed by atoms with Crippen molar-refractivity contribution < 1.29 is 9.90 Å². The predicted molar refractivity (Wildman–Crippen MR) is 94.1 cm³/mol. The maximum Gasteiger partial charge on any atom is 0.251 e. The number of nitrogens with zero attached hydrogens (tertiary/aromatic N) is 2. The first-order valence-electron chi connectivity index (χ1n) is 9.12. The maximum atomic E-state index is 12.3. The molecule has 1 saturated heterocycles. The molecule has 1 aliphatic carbocycles. The molecule has 2 fully saturated rings. The predicted octanol–water partition coefficient (Wildman–Crippen LogP) is 1.62. The number of anilines is 1. The first kappa shape index (κ1) is 17.2. The Labute approximate surface area is 143 Å². The van der Waals surface area contributed by atoms with Crippen LogP contribution in [0.25, 0.3) is 0 Å². The van der Waals surface area contributed by atoms with Crippen molar-refractivity contribution in [2.24, 2.45) is 0 Å². The summed E-state index contributed by atoms with van der Waals surface area (Å²) < 4.78 is 0. The standard InChI is InChI=1S/C18H28N4O2/c23-16(13-22-9-2-1-3-10-22)12-20-18(24)14-7-8-19-17(11-14)21-15-5-4-6-15/h7-8,11,15-16,23H,1-6,9-10,12-13H2,(H,19,21)(H,20,24). The third kappa shape index (κ3) is 4.92. The van der Waals surface area contributed by atoms with Crippen molar-refractivity contribution >= 4 is 11.7 Å². The van der Waals surface area contributed by atoms with Crippen molar-refractivity contribution in [2.75, 3.05) is 31.5 Å². The molecule has 1 aliphatic heterocycles. The van der Waals surface area contributed by atoms with E-state index < -0.39 is 6.10 Å². The lowest BCUT2D eigenvalue weighted by atomic mass is 9.93. The lowest BCUT2D eigenvalue weighted by Crippen LogP contribution is -2.42. The van der Waals surface area contributed by atoms with Gasteiger partial charge in [0.05, 0.1) is 6.10 Å². The minimum Gasteiger partial charge on any atom is -0.390 e. The highest BCUT2D eigenvalue weighted by molar-refractivity contribution is 5.94. The molecular weight excluding hydrogens is 304 g/mol. The van der Waals surface area contributed by atoms with E-state index in [2.05, 4.69) is 20.5 Å². The van der Waals surface area contributed by atoms with Crippen LogP contribution >= 0.6 is 0 Å². The van der Waals surface area contributed by atoms with Crippen LogP contribution in [0.4, 0.5) is 5.82 Å². The molecule has 1 unspecified atom stereocenters. The summed E-state index contributed by atoms with van der Waals surface area (Å²) in [7, 11) is 0. The molecule has 0 bridgehead atoms. The average molecular weight is 332 g/mol. The van der Waals surface area contributed by atoms with Crippen molar-refractivity contribution in [2.45, 2.75) is 50.7 Å². The van der Waals surface area contributed by atoms with Crippen LogP contribution in [0.5, 0.6) is 0 Å². The maximum absolute atomic E-state index is 12.3. The number of nitrogens with one attached hydrogen (secondary N) is 2. The van der Waals surface area contributed by atoms with Crippen molar-refractivity contribution in [1.29, 1.82) is 0 Å². The van der Waals surface area contributed by atoms with Gasteiger partial charge < -0.3 is 20.6 Å². The molecule has 1 aromatic heterocycles. The summed E-state index contributed by atoms with van der Waals surface area (Å²) in [5.41, 5.74) is 0.581. The van der Waals surface area contributed by atoms with Gasteiger partial charge in [-0.3, -0.25) is 4.79 Å². The van der Waals surface area contributed by atoms with E-state index in [9.17, 15) is 9.90 Å². The molecule has 3 rings (SSSR count). The molecule has 0 radical (unpaired) electrons. The molecule has 1 saturated carbocycles. The molecule has 132 valence electrons. The number of piperidine rings is 1. The monoisotopic (exact) mass is 332 g/mol. The van der Waals surface area contributed by atoms with Crippen LogP contribution in [0, 0.1) is 0 Å². The van der Waals surface area contributed by atoms with E-state index in [4.69, 9.17) is 0 Å². The van der Waals surface area contributed by atoms with Gasteiger partial charge in [-0.1, -0.05) is 6.42 Å². The topological polar surface area (TPSA) is 77.5 Å². The SMILES string of the molecule is O=C(NCC(O)CN1CCCCC1)c1ccnc(NC2CCC2)c1. The molecular formula is C18H28N4O2. The normalized spacial score (nSPS) is 20.2. The molecule has 0 spiro atoms. The summed E-state index contributed by atoms with van der Waals surface area (Å²) in [4.78, 5) is 18.8. The zero-order valence-electron chi connectivity index (χ0n) is 14.2. The van der Waals surface area contributed by atoms with Crippen LogP contribution in [0.2, 0.25) is 0 Å². The second-order valence-corrected chi connectivity index (χ2v) is 6.93. The lowest BCUT2D eigenvalue weighted by Gasteiger charge is -2.28. The molecule has 3 N–H and O–H groups in total. The number of likely N-dealkylation sites (tertiary alicyclic amines) is 1. The van der Waals surface area contributed by atoms with Crippen LogP contribution in [0.3, 0.4) is 0 Å². The summed E-state index contributed by atoms with van der Waals surface area (Å²) >= 11 is 0. The van der Waals surface area contributed by atoms with E-state index in [1.54, 1.807) is 18.3 Å². The molecule has 6 nitrogen and oxygen atoms in total. The number of carbonyl (C=O) groups excluding carboxylic acids is 1. The van der Waals surface area contributed by atoms with E-state index in [1.807, 2.05) is 0 Å². The van der Waals surface area contributed by atoms with Crippen LogP contribution in [0.15, 0.2) is 18.3 Å². The molecule has 2 heterocycles. The fourth-order valence-electron chi connectivity index (χ4n) is 3.23. The molecule has 0 aromatic carbocycles. The zero-order chi connectivity index (χ0) is 16.8. The van der Waals surface area contributed by atoms with E-state index in [-0.39, 0.29) is 12.5 Å². The first-order valence-corrected chi connectivity index (χ1v) is 9.12. The van der Waals surface area contributed by atoms with Gasteiger partial charge >= 0.3 is 0 Å². The molecule has 1 atom stereocenters. The number of amides is 1. The Morgan fingerprint density at radius 3 is 2.79 bits per heavy atom. The molecule has 24 heavy (non-hydrogen) atoms. The molecule has 2 aliphatic rings. The summed E-state index contributed by atoms with van der Waals surface area (Å²) in [5, 5.41) is 16.3. The Balaban J connectivity index is 1.44. The van der Waals surface area contributed by atoms with E-state index in [1.165, 1.54) is 38.5 Å². The van der Waals surface area contributed by atoms with Crippen LogP contribution in [0.1, 0.15) is 48.9 Å². The number of aromatic nitrogens is 1. The Morgan fingerprint density at radius 1 is 1.29 bits per heavy atom. The quantitative estimate of drug-likeness (QED) is 0.707. The summed E-state index contributed by atoms with van der Waals surface area (Å²) in [6, 6.07) is 3.98. The van der Waals surface area contributed by atoms with Gasteiger partial charge in [0.15, 0.2) is 0 Å². The highest BCUT2D eigenvalue weighted by atomic mass is 16.3.